The molecular formula is C27H41N3O5. The van der Waals surface area contributed by atoms with Crippen LogP contribution in [0.4, 0.5) is 4.79 Å². The second-order valence-corrected chi connectivity index (χ2v) is 9.43. The summed E-state index contributed by atoms with van der Waals surface area (Å²) in [6, 6.07) is 4.69. The maximum atomic E-state index is 13.6. The highest BCUT2D eigenvalue weighted by atomic mass is 16.6. The first kappa shape index (κ1) is 30.0. The molecule has 2 atom stereocenters. The van der Waals surface area contributed by atoms with E-state index in [0.29, 0.717) is 24.1 Å². The standard InChI is InChI=1S/C27H41N3O5/c1-7-10-12-17-28-24(32)23(21-15-13-20(9-3)14-16-21)30(18-11-8-2)25(33)22(19-31)29-26(34)35-27(4,5)6/h3,13-16,22-23,31H,7-8,10-12,17-19H2,1-2,4-6H3,(H,28,32)(H,29,34). The van der Waals surface area contributed by atoms with Crippen LogP contribution in [0.3, 0.4) is 0 Å². The van der Waals surface area contributed by atoms with E-state index < -0.39 is 36.3 Å². The lowest BCUT2D eigenvalue weighted by Crippen LogP contribution is -2.54. The van der Waals surface area contributed by atoms with Crippen LogP contribution in [0.1, 0.15) is 83.9 Å². The Morgan fingerprint density at radius 1 is 1.09 bits per heavy atom. The number of carbonyl (C=O) groups is 3. The van der Waals surface area contributed by atoms with Crippen molar-refractivity contribution < 1.29 is 24.2 Å². The summed E-state index contributed by atoms with van der Waals surface area (Å²) >= 11 is 0. The van der Waals surface area contributed by atoms with Crippen LogP contribution in [-0.2, 0) is 14.3 Å². The molecule has 2 unspecified atom stereocenters. The molecule has 35 heavy (non-hydrogen) atoms. The van der Waals surface area contributed by atoms with Gasteiger partial charge in [-0.05, 0) is 51.3 Å². The molecule has 0 saturated carbocycles. The zero-order valence-corrected chi connectivity index (χ0v) is 21.7. The number of rotatable bonds is 13. The van der Waals surface area contributed by atoms with E-state index in [0.717, 1.165) is 25.7 Å². The number of aliphatic hydroxyl groups is 1. The Morgan fingerprint density at radius 2 is 1.71 bits per heavy atom. The summed E-state index contributed by atoms with van der Waals surface area (Å²) in [5, 5.41) is 15.3. The molecule has 0 saturated heterocycles. The molecule has 194 valence electrons. The average molecular weight is 488 g/mol. The second-order valence-electron chi connectivity index (χ2n) is 9.43. The number of nitrogens with one attached hydrogen (secondary N) is 2. The van der Waals surface area contributed by atoms with Gasteiger partial charge in [0, 0.05) is 18.7 Å². The van der Waals surface area contributed by atoms with Gasteiger partial charge in [0.25, 0.3) is 0 Å². The molecule has 0 aromatic heterocycles. The summed E-state index contributed by atoms with van der Waals surface area (Å²) in [5.41, 5.74) is 0.479. The Balaban J connectivity index is 3.31. The van der Waals surface area contributed by atoms with Crippen LogP contribution in [0.25, 0.3) is 0 Å². The number of hydrogen-bond donors (Lipinski definition) is 3. The highest BCUT2D eigenvalue weighted by Crippen LogP contribution is 2.24. The monoisotopic (exact) mass is 487 g/mol. The van der Waals surface area contributed by atoms with Crippen molar-refractivity contribution in [3.05, 3.63) is 35.4 Å². The SMILES string of the molecule is C#Cc1ccc(C(C(=O)NCCCCC)N(CCCC)C(=O)C(CO)NC(=O)OC(C)(C)C)cc1. The predicted molar refractivity (Wildman–Crippen MR) is 137 cm³/mol. The minimum Gasteiger partial charge on any atom is -0.444 e. The molecule has 0 aliphatic heterocycles. The molecule has 1 aromatic rings. The number of alkyl carbamates (subject to hydrolysis) is 1. The lowest BCUT2D eigenvalue weighted by molar-refractivity contribution is -0.143. The first-order valence-electron chi connectivity index (χ1n) is 12.3. The van der Waals surface area contributed by atoms with Gasteiger partial charge in [-0.2, -0.15) is 0 Å². The summed E-state index contributed by atoms with van der Waals surface area (Å²) < 4.78 is 5.25. The van der Waals surface area contributed by atoms with Crippen LogP contribution in [0, 0.1) is 12.3 Å². The number of carbonyl (C=O) groups excluding carboxylic acids is 3. The fraction of sp³-hybridized carbons (Fsp3) is 0.593. The molecule has 3 amide bonds. The molecule has 0 aliphatic carbocycles. The van der Waals surface area contributed by atoms with Crippen molar-refractivity contribution in [1.29, 1.82) is 0 Å². The van der Waals surface area contributed by atoms with Gasteiger partial charge in [0.2, 0.25) is 11.8 Å². The average Bonchev–Trinajstić information content (AvgIpc) is 2.81. The zero-order valence-electron chi connectivity index (χ0n) is 21.7. The highest BCUT2D eigenvalue weighted by molar-refractivity contribution is 5.92. The molecule has 0 radical (unpaired) electrons. The molecule has 0 spiro atoms. The molecule has 1 rings (SSSR count). The molecule has 0 fully saturated rings. The van der Waals surface area contributed by atoms with Crippen LogP contribution in [0.2, 0.25) is 0 Å². The largest absolute Gasteiger partial charge is 0.444 e. The molecule has 0 bridgehead atoms. The third-order valence-electron chi connectivity index (χ3n) is 5.24. The molecule has 3 N–H and O–H groups in total. The van der Waals surface area contributed by atoms with E-state index in [2.05, 4.69) is 23.5 Å². The topological polar surface area (TPSA) is 108 Å². The number of ether oxygens (including phenoxy) is 1. The van der Waals surface area contributed by atoms with Crippen LogP contribution < -0.4 is 10.6 Å². The zero-order chi connectivity index (χ0) is 26.4. The summed E-state index contributed by atoms with van der Waals surface area (Å²) in [6.45, 7) is 9.29. The highest BCUT2D eigenvalue weighted by Gasteiger charge is 2.35. The van der Waals surface area contributed by atoms with Gasteiger partial charge in [0.05, 0.1) is 6.61 Å². The number of aliphatic hydroxyl groups excluding tert-OH is 1. The Labute approximate surface area is 209 Å². The van der Waals surface area contributed by atoms with E-state index in [1.807, 2.05) is 6.92 Å². The number of terminal acetylenes is 1. The number of amides is 3. The van der Waals surface area contributed by atoms with Crippen molar-refractivity contribution in [3.8, 4) is 12.3 Å². The fourth-order valence-corrected chi connectivity index (χ4v) is 3.45. The van der Waals surface area contributed by atoms with E-state index in [4.69, 9.17) is 11.2 Å². The van der Waals surface area contributed by atoms with E-state index >= 15 is 0 Å². The van der Waals surface area contributed by atoms with E-state index in [1.165, 1.54) is 4.90 Å². The van der Waals surface area contributed by atoms with Crippen LogP contribution in [-0.4, -0.2) is 59.3 Å². The number of unbranched alkanes of at least 4 members (excludes halogenated alkanes) is 3. The molecular weight excluding hydrogens is 446 g/mol. The number of benzene rings is 1. The van der Waals surface area contributed by atoms with Crippen molar-refractivity contribution in [2.75, 3.05) is 19.7 Å². The Morgan fingerprint density at radius 3 is 2.23 bits per heavy atom. The fourth-order valence-electron chi connectivity index (χ4n) is 3.45. The van der Waals surface area contributed by atoms with Gasteiger partial charge in [0.1, 0.15) is 17.7 Å². The van der Waals surface area contributed by atoms with Gasteiger partial charge >= 0.3 is 6.09 Å². The van der Waals surface area contributed by atoms with E-state index in [9.17, 15) is 19.5 Å². The number of hydrogen-bond acceptors (Lipinski definition) is 5. The van der Waals surface area contributed by atoms with Crippen LogP contribution >= 0.6 is 0 Å². The summed E-state index contributed by atoms with van der Waals surface area (Å²) in [7, 11) is 0. The van der Waals surface area contributed by atoms with Crippen molar-refractivity contribution in [3.63, 3.8) is 0 Å². The van der Waals surface area contributed by atoms with Crippen molar-refractivity contribution in [2.24, 2.45) is 0 Å². The minimum absolute atomic E-state index is 0.270. The predicted octanol–water partition coefficient (Wildman–Crippen LogP) is 3.53. The maximum Gasteiger partial charge on any atom is 0.408 e. The summed E-state index contributed by atoms with van der Waals surface area (Å²) in [6.07, 6.45) is 8.90. The lowest BCUT2D eigenvalue weighted by atomic mass is 10.0. The summed E-state index contributed by atoms with van der Waals surface area (Å²) in [4.78, 5) is 40.7. The Kier molecular flexibility index (Phi) is 12.9. The molecule has 1 aromatic carbocycles. The summed E-state index contributed by atoms with van der Waals surface area (Å²) in [5.74, 6) is 1.65. The number of nitrogens with zero attached hydrogens (tertiary/aromatic N) is 1. The lowest BCUT2D eigenvalue weighted by Gasteiger charge is -2.34. The molecule has 0 aliphatic rings. The van der Waals surface area contributed by atoms with Gasteiger partial charge in [-0.3, -0.25) is 9.59 Å². The molecule has 8 heteroatoms. The third-order valence-corrected chi connectivity index (χ3v) is 5.24. The van der Waals surface area contributed by atoms with E-state index in [1.54, 1.807) is 45.0 Å². The Bertz CT molecular complexity index is 855. The third kappa shape index (κ3) is 10.4. The van der Waals surface area contributed by atoms with Gasteiger partial charge in [-0.1, -0.05) is 51.2 Å². The first-order chi connectivity index (χ1) is 16.6. The van der Waals surface area contributed by atoms with Crippen molar-refractivity contribution in [1.82, 2.24) is 15.5 Å². The van der Waals surface area contributed by atoms with E-state index in [-0.39, 0.29) is 12.5 Å². The minimum atomic E-state index is -1.26. The first-order valence-corrected chi connectivity index (χ1v) is 12.3. The quantitative estimate of drug-likeness (QED) is 0.291. The van der Waals surface area contributed by atoms with Gasteiger partial charge in [0.15, 0.2) is 0 Å². The molecule has 0 heterocycles. The van der Waals surface area contributed by atoms with Crippen LogP contribution in [0.15, 0.2) is 24.3 Å². The van der Waals surface area contributed by atoms with Crippen molar-refractivity contribution >= 4 is 17.9 Å². The van der Waals surface area contributed by atoms with Gasteiger partial charge in [-0.15, -0.1) is 6.42 Å². The Hall–Kier alpha value is -3.05. The maximum absolute atomic E-state index is 13.6. The molecule has 8 nitrogen and oxygen atoms in total. The smallest absolute Gasteiger partial charge is 0.408 e. The van der Waals surface area contributed by atoms with Gasteiger partial charge in [-0.25, -0.2) is 4.79 Å². The van der Waals surface area contributed by atoms with Crippen molar-refractivity contribution in [2.45, 2.75) is 84.4 Å². The van der Waals surface area contributed by atoms with Gasteiger partial charge < -0.3 is 25.4 Å². The second kappa shape index (κ2) is 15.0. The van der Waals surface area contributed by atoms with Crippen LogP contribution in [0.5, 0.6) is 0 Å². The normalized spacial score (nSPS) is 12.7.